The molecule has 0 aliphatic rings. The normalized spacial score (nSPS) is 10.3. The minimum absolute atomic E-state index is 0. The quantitative estimate of drug-likeness (QED) is 0.849. The summed E-state index contributed by atoms with van der Waals surface area (Å²) in [7, 11) is 0. The monoisotopic (exact) mass is 294 g/mol. The first-order valence-corrected chi connectivity index (χ1v) is 6.48. The minimum atomic E-state index is -0.183. The summed E-state index contributed by atoms with van der Waals surface area (Å²) in [5.74, 6) is -0.183. The van der Waals surface area contributed by atoms with Crippen LogP contribution in [0, 0.1) is 5.82 Å². The second-order valence-corrected chi connectivity index (χ2v) is 4.68. The molecule has 0 aliphatic carbocycles. The predicted octanol–water partition coefficient (Wildman–Crippen LogP) is 3.85. The average Bonchev–Trinajstić information content (AvgIpc) is 2.38. The summed E-state index contributed by atoms with van der Waals surface area (Å²) in [6.07, 6.45) is 0. The molecule has 0 bridgehead atoms. The third-order valence-corrected chi connectivity index (χ3v) is 3.10. The number of hydrogen-bond acceptors (Lipinski definition) is 2. The van der Waals surface area contributed by atoms with Crippen molar-refractivity contribution in [3.63, 3.8) is 0 Å². The smallest absolute Gasteiger partial charge is 0.123 e. The molecule has 2 aromatic carbocycles. The Morgan fingerprint density at radius 2 is 1.60 bits per heavy atom. The molecular weight excluding hydrogens is 275 g/mol. The van der Waals surface area contributed by atoms with Crippen LogP contribution in [-0.2, 0) is 13.1 Å². The molecule has 0 amide bonds. The van der Waals surface area contributed by atoms with Gasteiger partial charge in [0, 0.05) is 18.8 Å². The Morgan fingerprint density at radius 1 is 1.00 bits per heavy atom. The van der Waals surface area contributed by atoms with E-state index in [0.29, 0.717) is 0 Å². The molecule has 0 radical (unpaired) electrons. The number of nitrogens with two attached hydrogens (primary N) is 1. The molecule has 2 rings (SSSR count). The van der Waals surface area contributed by atoms with Gasteiger partial charge in [-0.2, -0.15) is 0 Å². The van der Waals surface area contributed by atoms with Crippen LogP contribution in [0.25, 0.3) is 0 Å². The maximum atomic E-state index is 13.2. The van der Waals surface area contributed by atoms with Crippen LogP contribution in [0.2, 0.25) is 0 Å². The summed E-state index contributed by atoms with van der Waals surface area (Å²) in [6.45, 7) is 4.57. The summed E-state index contributed by atoms with van der Waals surface area (Å²) >= 11 is 0. The highest BCUT2D eigenvalue weighted by Crippen LogP contribution is 2.13. The largest absolute Gasteiger partial charge is 0.399 e. The van der Waals surface area contributed by atoms with Gasteiger partial charge in [-0.3, -0.25) is 4.90 Å². The van der Waals surface area contributed by atoms with E-state index in [4.69, 9.17) is 5.73 Å². The van der Waals surface area contributed by atoms with Crippen molar-refractivity contribution in [1.82, 2.24) is 4.90 Å². The zero-order valence-corrected chi connectivity index (χ0v) is 12.4. The SMILES string of the molecule is CCN(Cc1cccc(N)c1)Cc1cccc(F)c1.Cl. The van der Waals surface area contributed by atoms with Crippen molar-refractivity contribution >= 4 is 18.1 Å². The van der Waals surface area contributed by atoms with Crippen molar-refractivity contribution in [3.05, 3.63) is 65.5 Å². The molecule has 0 unspecified atom stereocenters. The zero-order chi connectivity index (χ0) is 13.7. The fourth-order valence-electron chi connectivity index (χ4n) is 2.12. The molecule has 4 heteroatoms. The van der Waals surface area contributed by atoms with E-state index in [-0.39, 0.29) is 18.2 Å². The van der Waals surface area contributed by atoms with Gasteiger partial charge in [0.2, 0.25) is 0 Å². The fraction of sp³-hybridized carbons (Fsp3) is 0.250. The molecule has 2 nitrogen and oxygen atoms in total. The number of hydrogen-bond donors (Lipinski definition) is 1. The molecule has 0 aliphatic heterocycles. The summed E-state index contributed by atoms with van der Waals surface area (Å²) in [5, 5.41) is 0. The number of anilines is 1. The highest BCUT2D eigenvalue weighted by molar-refractivity contribution is 5.85. The lowest BCUT2D eigenvalue weighted by Gasteiger charge is -2.20. The first-order valence-electron chi connectivity index (χ1n) is 6.48. The van der Waals surface area contributed by atoms with Crippen molar-refractivity contribution < 1.29 is 4.39 Å². The second kappa shape index (κ2) is 7.88. The van der Waals surface area contributed by atoms with E-state index in [2.05, 4.69) is 17.9 Å². The van der Waals surface area contributed by atoms with Gasteiger partial charge in [-0.05, 0) is 41.9 Å². The van der Waals surface area contributed by atoms with Crippen LogP contribution in [0.3, 0.4) is 0 Å². The molecule has 2 aromatic rings. The Balaban J connectivity index is 0.00000200. The molecule has 2 N–H and O–H groups in total. The maximum Gasteiger partial charge on any atom is 0.123 e. The zero-order valence-electron chi connectivity index (χ0n) is 11.6. The Bertz CT molecular complexity index is 498. The fourth-order valence-corrected chi connectivity index (χ4v) is 2.12. The van der Waals surface area contributed by atoms with Gasteiger partial charge >= 0.3 is 0 Å². The van der Waals surface area contributed by atoms with Crippen molar-refractivity contribution in [3.8, 4) is 0 Å². The second-order valence-electron chi connectivity index (χ2n) is 4.68. The highest BCUT2D eigenvalue weighted by atomic mass is 35.5. The summed E-state index contributed by atoms with van der Waals surface area (Å²) in [4.78, 5) is 2.25. The van der Waals surface area contributed by atoms with Gasteiger partial charge < -0.3 is 5.73 Å². The molecule has 0 aromatic heterocycles. The van der Waals surface area contributed by atoms with Crippen LogP contribution in [0.4, 0.5) is 10.1 Å². The third kappa shape index (κ3) is 4.83. The topological polar surface area (TPSA) is 29.3 Å². The van der Waals surface area contributed by atoms with Gasteiger partial charge in [0.25, 0.3) is 0 Å². The van der Waals surface area contributed by atoms with E-state index < -0.39 is 0 Å². The third-order valence-electron chi connectivity index (χ3n) is 3.10. The van der Waals surface area contributed by atoms with Gasteiger partial charge in [0.1, 0.15) is 5.82 Å². The van der Waals surface area contributed by atoms with Crippen LogP contribution >= 0.6 is 12.4 Å². The Morgan fingerprint density at radius 3 is 2.15 bits per heavy atom. The van der Waals surface area contributed by atoms with E-state index >= 15 is 0 Å². The summed E-state index contributed by atoms with van der Waals surface area (Å²) in [6, 6.07) is 14.6. The Hall–Kier alpha value is -1.58. The van der Waals surface area contributed by atoms with Gasteiger partial charge in [-0.15, -0.1) is 12.4 Å². The predicted molar refractivity (Wildman–Crippen MR) is 84.3 cm³/mol. The summed E-state index contributed by atoms with van der Waals surface area (Å²) < 4.78 is 13.2. The van der Waals surface area contributed by atoms with E-state index in [1.807, 2.05) is 24.3 Å². The van der Waals surface area contributed by atoms with Crippen molar-refractivity contribution in [2.45, 2.75) is 20.0 Å². The molecule has 0 saturated carbocycles. The minimum Gasteiger partial charge on any atom is -0.399 e. The molecule has 0 fully saturated rings. The van der Waals surface area contributed by atoms with Crippen LogP contribution in [0.1, 0.15) is 18.1 Å². The van der Waals surface area contributed by atoms with Crippen molar-refractivity contribution in [2.24, 2.45) is 0 Å². The first-order chi connectivity index (χ1) is 9.17. The number of benzene rings is 2. The lowest BCUT2D eigenvalue weighted by molar-refractivity contribution is 0.271. The van der Waals surface area contributed by atoms with Crippen LogP contribution in [-0.4, -0.2) is 11.4 Å². The van der Waals surface area contributed by atoms with E-state index in [9.17, 15) is 4.39 Å². The van der Waals surface area contributed by atoms with Gasteiger partial charge in [-0.1, -0.05) is 31.2 Å². The van der Waals surface area contributed by atoms with Gasteiger partial charge in [-0.25, -0.2) is 4.39 Å². The molecule has 0 atom stereocenters. The lowest BCUT2D eigenvalue weighted by Crippen LogP contribution is -2.22. The Kier molecular flexibility index (Phi) is 6.49. The first kappa shape index (κ1) is 16.5. The molecule has 0 spiro atoms. The van der Waals surface area contributed by atoms with Crippen LogP contribution in [0.5, 0.6) is 0 Å². The average molecular weight is 295 g/mol. The van der Waals surface area contributed by atoms with E-state index in [1.54, 1.807) is 12.1 Å². The van der Waals surface area contributed by atoms with Gasteiger partial charge in [0.15, 0.2) is 0 Å². The van der Waals surface area contributed by atoms with Crippen molar-refractivity contribution in [2.75, 3.05) is 12.3 Å². The molecular formula is C16H20ClFN2. The molecule has 0 saturated heterocycles. The van der Waals surface area contributed by atoms with Gasteiger partial charge in [0.05, 0.1) is 0 Å². The van der Waals surface area contributed by atoms with Crippen molar-refractivity contribution in [1.29, 1.82) is 0 Å². The van der Waals surface area contributed by atoms with E-state index in [0.717, 1.165) is 30.9 Å². The molecule has 108 valence electrons. The molecule has 0 heterocycles. The molecule has 20 heavy (non-hydrogen) atoms. The number of nitrogens with zero attached hydrogens (tertiary/aromatic N) is 1. The lowest BCUT2D eigenvalue weighted by atomic mass is 10.1. The maximum absolute atomic E-state index is 13.2. The highest BCUT2D eigenvalue weighted by Gasteiger charge is 2.06. The summed E-state index contributed by atoms with van der Waals surface area (Å²) in [5.41, 5.74) is 8.73. The van der Waals surface area contributed by atoms with E-state index in [1.165, 1.54) is 11.6 Å². The van der Waals surface area contributed by atoms with Crippen LogP contribution < -0.4 is 5.73 Å². The van der Waals surface area contributed by atoms with Crippen LogP contribution in [0.15, 0.2) is 48.5 Å². The standard InChI is InChI=1S/C16H19FN2.ClH/c1-2-19(11-13-5-3-7-15(17)9-13)12-14-6-4-8-16(18)10-14;/h3-10H,2,11-12,18H2,1H3;1H. The Labute approximate surface area is 125 Å². The number of nitrogen functional groups attached to an aromatic ring is 1. The number of rotatable bonds is 5. The number of halogens is 2.